The normalized spacial score (nSPS) is 12.9. The second-order valence-electron chi connectivity index (χ2n) is 5.93. The van der Waals surface area contributed by atoms with Crippen molar-refractivity contribution in [2.45, 2.75) is 58.2 Å². The van der Waals surface area contributed by atoms with Crippen molar-refractivity contribution in [1.29, 1.82) is 0 Å². The molecule has 0 radical (unpaired) electrons. The average Bonchev–Trinajstić information content (AvgIpc) is 3.16. The van der Waals surface area contributed by atoms with Gasteiger partial charge in [-0.2, -0.15) is 0 Å². The first kappa shape index (κ1) is 17.8. The Morgan fingerprint density at radius 2 is 2.00 bits per heavy atom. The minimum atomic E-state index is 0.192. The van der Waals surface area contributed by atoms with Crippen molar-refractivity contribution in [3.05, 3.63) is 23.8 Å². The van der Waals surface area contributed by atoms with Gasteiger partial charge in [0, 0.05) is 18.7 Å². The second kappa shape index (κ2) is 10.5. The van der Waals surface area contributed by atoms with E-state index >= 15 is 0 Å². The molecular weight excluding hydrogens is 261 g/mol. The van der Waals surface area contributed by atoms with Crippen LogP contribution in [-0.4, -0.2) is 25.7 Å². The Morgan fingerprint density at radius 1 is 1.24 bits per heavy atom. The monoisotopic (exact) mass is 291 g/mol. The highest BCUT2D eigenvalue weighted by molar-refractivity contribution is 6.82. The van der Waals surface area contributed by atoms with Crippen LogP contribution < -0.4 is 16.4 Å². The van der Waals surface area contributed by atoms with Crippen molar-refractivity contribution in [3.63, 3.8) is 0 Å². The number of rotatable bonds is 13. The molecule has 0 aromatic rings. The van der Waals surface area contributed by atoms with Crippen LogP contribution in [-0.2, 0) is 4.79 Å². The molecule has 4 nitrogen and oxygen atoms in total. The molecule has 0 saturated heterocycles. The van der Waals surface area contributed by atoms with Gasteiger partial charge in [-0.3, -0.25) is 4.79 Å². The minimum absolute atomic E-state index is 0.192. The van der Waals surface area contributed by atoms with Crippen LogP contribution in [0.4, 0.5) is 0 Å². The highest BCUT2D eigenvalue weighted by Gasteiger charge is 2.28. The molecule has 0 unspecified atom stereocenters. The summed E-state index contributed by atoms with van der Waals surface area (Å²) < 4.78 is 0. The fraction of sp³-hybridized carbons (Fsp3) is 0.688. The standard InChI is InChI=1S/C16H30BN3O/c1-14(2)20-15-13-17(15)10-6-5-9-16(21)19-12-8-4-3-7-11-18/h13,20H,1,3-12,18H2,2H3,(H,19,21). The first-order chi connectivity index (χ1) is 10.1. The molecule has 1 amide bonds. The highest BCUT2D eigenvalue weighted by atomic mass is 16.1. The predicted octanol–water partition coefficient (Wildman–Crippen LogP) is 2.39. The number of nitrogens with one attached hydrogen (secondary N) is 2. The maximum atomic E-state index is 11.6. The summed E-state index contributed by atoms with van der Waals surface area (Å²) in [6.45, 7) is 7.96. The van der Waals surface area contributed by atoms with E-state index in [2.05, 4.69) is 23.2 Å². The number of unbranched alkanes of at least 4 members (excludes halogenated alkanes) is 4. The van der Waals surface area contributed by atoms with Crippen LogP contribution >= 0.6 is 0 Å². The lowest BCUT2D eigenvalue weighted by molar-refractivity contribution is -0.121. The summed E-state index contributed by atoms with van der Waals surface area (Å²) in [6.07, 6.45) is 8.35. The van der Waals surface area contributed by atoms with E-state index in [1.165, 1.54) is 12.0 Å². The zero-order valence-electron chi connectivity index (χ0n) is 13.4. The van der Waals surface area contributed by atoms with Crippen LogP contribution in [0.15, 0.2) is 23.8 Å². The van der Waals surface area contributed by atoms with Gasteiger partial charge in [-0.25, -0.2) is 0 Å². The summed E-state index contributed by atoms with van der Waals surface area (Å²) in [7, 11) is 0. The lowest BCUT2D eigenvalue weighted by atomic mass is 9.61. The average molecular weight is 291 g/mol. The van der Waals surface area contributed by atoms with Gasteiger partial charge in [-0.05, 0) is 38.3 Å². The fourth-order valence-corrected chi connectivity index (χ4v) is 2.38. The SMILES string of the molecule is C=C(C)NC1=CB1CCCCC(=O)NCCCCCCN. The Balaban J connectivity index is 1.85. The fourth-order valence-electron chi connectivity index (χ4n) is 2.38. The molecule has 0 bridgehead atoms. The van der Waals surface area contributed by atoms with Gasteiger partial charge in [0.05, 0.1) is 0 Å². The third-order valence-electron chi connectivity index (χ3n) is 3.65. The summed E-state index contributed by atoms with van der Waals surface area (Å²) in [5, 5.41) is 6.24. The van der Waals surface area contributed by atoms with Crippen LogP contribution in [0.1, 0.15) is 51.9 Å². The predicted molar refractivity (Wildman–Crippen MR) is 91.0 cm³/mol. The van der Waals surface area contributed by atoms with E-state index in [0.717, 1.165) is 57.2 Å². The molecule has 0 fully saturated rings. The van der Waals surface area contributed by atoms with Crippen molar-refractivity contribution in [1.82, 2.24) is 10.6 Å². The highest BCUT2D eigenvalue weighted by Crippen LogP contribution is 2.22. The first-order valence-corrected chi connectivity index (χ1v) is 8.24. The topological polar surface area (TPSA) is 67.2 Å². The molecule has 118 valence electrons. The molecule has 0 saturated carbocycles. The van der Waals surface area contributed by atoms with Crippen molar-refractivity contribution in [2.24, 2.45) is 5.73 Å². The van der Waals surface area contributed by atoms with Crippen LogP contribution in [0.5, 0.6) is 0 Å². The van der Waals surface area contributed by atoms with E-state index in [1.807, 2.05) is 6.92 Å². The summed E-state index contributed by atoms with van der Waals surface area (Å²) >= 11 is 0. The molecule has 0 aromatic carbocycles. The van der Waals surface area contributed by atoms with Crippen molar-refractivity contribution < 1.29 is 4.79 Å². The zero-order chi connectivity index (χ0) is 15.5. The Labute approximate surface area is 129 Å². The van der Waals surface area contributed by atoms with Crippen molar-refractivity contribution in [2.75, 3.05) is 13.1 Å². The Hall–Kier alpha value is -1.23. The van der Waals surface area contributed by atoms with Crippen LogP contribution in [0.2, 0.25) is 6.32 Å². The molecule has 1 aliphatic rings. The van der Waals surface area contributed by atoms with Crippen molar-refractivity contribution in [3.8, 4) is 0 Å². The molecule has 1 heterocycles. The molecule has 0 aromatic heterocycles. The Kier molecular flexibility index (Phi) is 8.91. The van der Waals surface area contributed by atoms with Gasteiger partial charge in [0.1, 0.15) is 0 Å². The molecule has 0 spiro atoms. The lowest BCUT2D eigenvalue weighted by Crippen LogP contribution is -2.24. The minimum Gasteiger partial charge on any atom is -0.372 e. The quantitative estimate of drug-likeness (QED) is 0.360. The summed E-state index contributed by atoms with van der Waals surface area (Å²) in [5.74, 6) is 2.42. The smallest absolute Gasteiger partial charge is 0.221 e. The van der Waals surface area contributed by atoms with Crippen LogP contribution in [0.25, 0.3) is 0 Å². The lowest BCUT2D eigenvalue weighted by Gasteiger charge is -2.05. The number of amides is 1. The Morgan fingerprint density at radius 3 is 2.71 bits per heavy atom. The van der Waals surface area contributed by atoms with E-state index in [-0.39, 0.29) is 5.91 Å². The maximum Gasteiger partial charge on any atom is 0.221 e. The molecule has 1 aliphatic heterocycles. The molecule has 5 heteroatoms. The number of allylic oxidation sites excluding steroid dienone is 1. The number of carbonyl (C=O) groups is 1. The largest absolute Gasteiger partial charge is 0.372 e. The number of nitrogens with two attached hydrogens (primary N) is 1. The number of hydrogen-bond donors (Lipinski definition) is 3. The molecule has 21 heavy (non-hydrogen) atoms. The zero-order valence-corrected chi connectivity index (χ0v) is 13.4. The van der Waals surface area contributed by atoms with Gasteiger partial charge in [0.15, 0.2) is 0 Å². The third kappa shape index (κ3) is 9.35. The second-order valence-corrected chi connectivity index (χ2v) is 5.93. The van der Waals surface area contributed by atoms with E-state index in [9.17, 15) is 4.79 Å². The third-order valence-corrected chi connectivity index (χ3v) is 3.65. The summed E-state index contributed by atoms with van der Waals surface area (Å²) in [4.78, 5) is 11.6. The van der Waals surface area contributed by atoms with Gasteiger partial charge in [-0.1, -0.05) is 38.1 Å². The molecule has 4 N–H and O–H groups in total. The first-order valence-electron chi connectivity index (χ1n) is 8.24. The van der Waals surface area contributed by atoms with E-state index in [0.29, 0.717) is 13.1 Å². The van der Waals surface area contributed by atoms with Gasteiger partial charge >= 0.3 is 0 Å². The number of hydrogen-bond acceptors (Lipinski definition) is 3. The van der Waals surface area contributed by atoms with Crippen molar-refractivity contribution >= 4 is 12.6 Å². The van der Waals surface area contributed by atoms with Crippen LogP contribution in [0.3, 0.4) is 0 Å². The molecule has 1 rings (SSSR count). The Bertz CT molecular complexity index is 369. The van der Waals surface area contributed by atoms with Crippen LogP contribution in [0, 0.1) is 0 Å². The molecule has 0 aliphatic carbocycles. The van der Waals surface area contributed by atoms with E-state index < -0.39 is 0 Å². The van der Waals surface area contributed by atoms with Gasteiger partial charge in [-0.15, -0.1) is 0 Å². The summed E-state index contributed by atoms with van der Waals surface area (Å²) in [6, 6.07) is 0. The van der Waals surface area contributed by atoms with Gasteiger partial charge in [0.2, 0.25) is 12.6 Å². The van der Waals surface area contributed by atoms with Gasteiger partial charge in [0.25, 0.3) is 0 Å². The van der Waals surface area contributed by atoms with Gasteiger partial charge < -0.3 is 16.4 Å². The molecular formula is C16H30BN3O. The van der Waals surface area contributed by atoms with E-state index in [4.69, 9.17) is 5.73 Å². The maximum absolute atomic E-state index is 11.6. The van der Waals surface area contributed by atoms with E-state index in [1.54, 1.807) is 0 Å². The molecule has 0 atom stereocenters. The summed E-state index contributed by atoms with van der Waals surface area (Å²) in [5.41, 5.74) is 7.73. The number of carbonyl (C=O) groups excluding carboxylic acids is 1.